The molecule has 0 saturated carbocycles. The lowest BCUT2D eigenvalue weighted by Crippen LogP contribution is -2.30. The normalized spacial score (nSPS) is 16.0. The van der Waals surface area contributed by atoms with Crippen LogP contribution >= 0.6 is 11.3 Å². The van der Waals surface area contributed by atoms with Crippen LogP contribution in [0.1, 0.15) is 47.4 Å². The maximum atomic E-state index is 13.1. The van der Waals surface area contributed by atoms with E-state index >= 15 is 0 Å². The van der Waals surface area contributed by atoms with Crippen LogP contribution in [0.3, 0.4) is 0 Å². The smallest absolute Gasteiger partial charge is 0.254 e. The summed E-state index contributed by atoms with van der Waals surface area (Å²) < 4.78 is 11.3. The highest BCUT2D eigenvalue weighted by atomic mass is 32.1. The molecule has 29 heavy (non-hydrogen) atoms. The van der Waals surface area contributed by atoms with Crippen molar-refractivity contribution < 1.29 is 14.3 Å². The summed E-state index contributed by atoms with van der Waals surface area (Å²) in [6, 6.07) is 15.6. The molecule has 0 spiro atoms. The molecule has 1 aromatic heterocycles. The van der Waals surface area contributed by atoms with Gasteiger partial charge in [0.25, 0.3) is 5.91 Å². The molecule has 0 radical (unpaired) electrons. The summed E-state index contributed by atoms with van der Waals surface area (Å²) in [6.07, 6.45) is 1.99. The molecule has 2 aromatic carbocycles. The summed E-state index contributed by atoms with van der Waals surface area (Å²) in [6.45, 7) is 3.83. The number of hydrogen-bond donors (Lipinski definition) is 0. The third-order valence-corrected chi connectivity index (χ3v) is 5.70. The van der Waals surface area contributed by atoms with E-state index in [2.05, 4.69) is 17.1 Å². The molecule has 6 heteroatoms. The van der Waals surface area contributed by atoms with E-state index in [-0.39, 0.29) is 11.9 Å². The maximum absolute atomic E-state index is 13.1. The number of carbonyl (C=O) groups excluding carboxylic acids is 1. The molecule has 5 nitrogen and oxygen atoms in total. The van der Waals surface area contributed by atoms with E-state index < -0.39 is 0 Å². The predicted molar refractivity (Wildman–Crippen MR) is 114 cm³/mol. The van der Waals surface area contributed by atoms with E-state index in [1.165, 1.54) is 0 Å². The van der Waals surface area contributed by atoms with E-state index in [0.717, 1.165) is 42.1 Å². The Morgan fingerprint density at radius 2 is 1.83 bits per heavy atom. The van der Waals surface area contributed by atoms with Crippen molar-refractivity contribution in [2.24, 2.45) is 0 Å². The number of hydrogen-bond acceptors (Lipinski definition) is 5. The van der Waals surface area contributed by atoms with Gasteiger partial charge in [-0.1, -0.05) is 12.1 Å². The van der Waals surface area contributed by atoms with Crippen LogP contribution in [0.5, 0.6) is 11.5 Å². The third kappa shape index (κ3) is 4.59. The van der Waals surface area contributed by atoms with Gasteiger partial charge in [-0.05, 0) is 61.7 Å². The molecule has 0 N–H and O–H groups in total. The summed E-state index contributed by atoms with van der Waals surface area (Å²) in [5.74, 6) is 1.66. The Kier molecular flexibility index (Phi) is 6.10. The zero-order valence-electron chi connectivity index (χ0n) is 16.4. The van der Waals surface area contributed by atoms with Gasteiger partial charge in [-0.2, -0.15) is 0 Å². The summed E-state index contributed by atoms with van der Waals surface area (Å²) in [5, 5.41) is 1.96. The first-order valence-electron chi connectivity index (χ1n) is 9.88. The minimum Gasteiger partial charge on any atom is -0.494 e. The lowest BCUT2D eigenvalue weighted by molar-refractivity contribution is 0.0735. The minimum absolute atomic E-state index is 0.0624. The van der Waals surface area contributed by atoms with E-state index in [0.29, 0.717) is 18.8 Å². The number of benzene rings is 2. The number of ether oxygens (including phenoxy) is 2. The Balaban J connectivity index is 1.42. The van der Waals surface area contributed by atoms with Crippen molar-refractivity contribution in [3.05, 3.63) is 76.2 Å². The average molecular weight is 409 g/mol. The largest absolute Gasteiger partial charge is 0.494 e. The Bertz CT molecular complexity index is 924. The van der Waals surface area contributed by atoms with Crippen molar-refractivity contribution in [2.75, 3.05) is 13.2 Å². The van der Waals surface area contributed by atoms with E-state index in [1.807, 2.05) is 53.6 Å². The number of amides is 1. The number of likely N-dealkylation sites (tertiary alicyclic amines) is 1. The number of thiazole rings is 1. The lowest BCUT2D eigenvalue weighted by Gasteiger charge is -2.25. The van der Waals surface area contributed by atoms with E-state index in [1.54, 1.807) is 16.8 Å². The molecule has 1 amide bonds. The molecule has 3 aromatic rings. The van der Waals surface area contributed by atoms with Gasteiger partial charge in [-0.3, -0.25) is 4.79 Å². The van der Waals surface area contributed by atoms with Crippen LogP contribution in [0.2, 0.25) is 0 Å². The lowest BCUT2D eigenvalue weighted by atomic mass is 10.0. The van der Waals surface area contributed by atoms with Crippen molar-refractivity contribution in [1.82, 2.24) is 9.88 Å². The van der Waals surface area contributed by atoms with Crippen molar-refractivity contribution in [3.8, 4) is 11.5 Å². The third-order valence-electron chi connectivity index (χ3n) is 5.06. The second-order valence-electron chi connectivity index (χ2n) is 6.95. The first-order valence-corrected chi connectivity index (χ1v) is 10.8. The van der Waals surface area contributed by atoms with Crippen LogP contribution in [-0.4, -0.2) is 28.9 Å². The quantitative estimate of drug-likeness (QED) is 0.546. The van der Waals surface area contributed by atoms with E-state index in [4.69, 9.17) is 9.47 Å². The van der Waals surface area contributed by atoms with Gasteiger partial charge >= 0.3 is 0 Å². The zero-order chi connectivity index (χ0) is 20.1. The Labute approximate surface area is 174 Å². The highest BCUT2D eigenvalue weighted by Gasteiger charge is 2.30. The van der Waals surface area contributed by atoms with Crippen molar-refractivity contribution in [2.45, 2.75) is 32.4 Å². The predicted octanol–water partition coefficient (Wildman–Crippen LogP) is 5.10. The van der Waals surface area contributed by atoms with Crippen LogP contribution in [0.4, 0.5) is 0 Å². The second-order valence-corrected chi connectivity index (χ2v) is 7.67. The Morgan fingerprint density at radius 3 is 2.52 bits per heavy atom. The van der Waals surface area contributed by atoms with Crippen molar-refractivity contribution in [3.63, 3.8) is 0 Å². The van der Waals surface area contributed by atoms with Crippen molar-refractivity contribution >= 4 is 17.2 Å². The number of aromatic nitrogens is 1. The molecule has 0 bridgehead atoms. The minimum atomic E-state index is 0.0624. The fourth-order valence-electron chi connectivity index (χ4n) is 3.63. The Morgan fingerprint density at radius 1 is 1.10 bits per heavy atom. The molecule has 0 aliphatic carbocycles. The highest BCUT2D eigenvalue weighted by molar-refractivity contribution is 7.07. The number of rotatable bonds is 7. The monoisotopic (exact) mass is 408 g/mol. The first kappa shape index (κ1) is 19.5. The SMILES string of the molecule is CCOc1ccc(C2CCCN2C(=O)c2ccc(OCc3cscn3)cc2)cc1. The fraction of sp³-hybridized carbons (Fsp3) is 0.304. The molecule has 1 unspecified atom stereocenters. The second kappa shape index (κ2) is 9.09. The van der Waals surface area contributed by atoms with Gasteiger partial charge in [0, 0.05) is 17.5 Å². The molecule has 2 heterocycles. The standard InChI is InChI=1S/C23H24N2O3S/c1-2-27-20-9-5-17(6-10-20)22-4-3-13-25(22)23(26)18-7-11-21(12-8-18)28-14-19-15-29-16-24-19/h5-12,15-16,22H,2-4,13-14H2,1H3. The molecule has 1 aliphatic heterocycles. The van der Waals surface area contributed by atoms with Gasteiger partial charge in [0.05, 0.1) is 23.9 Å². The topological polar surface area (TPSA) is 51.7 Å². The van der Waals surface area contributed by atoms with Gasteiger partial charge in [0.15, 0.2) is 0 Å². The van der Waals surface area contributed by atoms with Crippen LogP contribution in [0, 0.1) is 0 Å². The fourth-order valence-corrected chi connectivity index (χ4v) is 4.18. The molecule has 1 fully saturated rings. The van der Waals surface area contributed by atoms with Crippen LogP contribution in [0.15, 0.2) is 59.4 Å². The molecule has 150 valence electrons. The van der Waals surface area contributed by atoms with Gasteiger partial charge in [-0.25, -0.2) is 4.98 Å². The van der Waals surface area contributed by atoms with Crippen LogP contribution in [0.25, 0.3) is 0 Å². The van der Waals surface area contributed by atoms with Gasteiger partial charge < -0.3 is 14.4 Å². The zero-order valence-corrected chi connectivity index (χ0v) is 17.2. The van der Waals surface area contributed by atoms with Crippen LogP contribution in [-0.2, 0) is 6.61 Å². The summed E-state index contributed by atoms with van der Waals surface area (Å²) in [5.41, 5.74) is 4.54. The van der Waals surface area contributed by atoms with Gasteiger partial charge in [0.2, 0.25) is 0 Å². The molecule has 1 saturated heterocycles. The van der Waals surface area contributed by atoms with Gasteiger partial charge in [0.1, 0.15) is 18.1 Å². The summed E-state index contributed by atoms with van der Waals surface area (Å²) >= 11 is 1.55. The van der Waals surface area contributed by atoms with Crippen molar-refractivity contribution in [1.29, 1.82) is 0 Å². The molecular formula is C23H24N2O3S. The maximum Gasteiger partial charge on any atom is 0.254 e. The molecule has 4 rings (SSSR count). The molecular weight excluding hydrogens is 384 g/mol. The number of carbonyl (C=O) groups is 1. The van der Waals surface area contributed by atoms with Gasteiger partial charge in [-0.15, -0.1) is 11.3 Å². The highest BCUT2D eigenvalue weighted by Crippen LogP contribution is 2.34. The average Bonchev–Trinajstić information content (AvgIpc) is 3.45. The van der Waals surface area contributed by atoms with E-state index in [9.17, 15) is 4.79 Å². The summed E-state index contributed by atoms with van der Waals surface area (Å²) in [7, 11) is 0. The van der Waals surface area contributed by atoms with Crippen LogP contribution < -0.4 is 9.47 Å². The molecule has 1 atom stereocenters. The summed E-state index contributed by atoms with van der Waals surface area (Å²) in [4.78, 5) is 19.3. The molecule has 1 aliphatic rings. The first-order chi connectivity index (χ1) is 14.2. The number of nitrogens with zero attached hydrogens (tertiary/aromatic N) is 2. The Hall–Kier alpha value is -2.86.